The van der Waals surface area contributed by atoms with Crippen LogP contribution in [0.15, 0.2) is 121 Å². The Balaban J connectivity index is 2.01. The van der Waals surface area contributed by atoms with Crippen LogP contribution in [0.4, 0.5) is 0 Å². The fourth-order valence-corrected chi connectivity index (χ4v) is 4.41. The van der Waals surface area contributed by atoms with E-state index in [0.717, 1.165) is 33.4 Å². The van der Waals surface area contributed by atoms with Crippen molar-refractivity contribution in [3.8, 4) is 56.3 Å². The number of aromatic hydroxyl groups is 1. The molecule has 0 radical (unpaired) electrons. The lowest BCUT2D eigenvalue weighted by molar-refractivity contribution is 0.479. The molecule has 0 aliphatic carbocycles. The molecule has 2 heteroatoms. The molecule has 0 unspecified atom stereocenters. The summed E-state index contributed by atoms with van der Waals surface area (Å²) < 4.78 is 0. The number of hydrogen-bond acceptors (Lipinski definition) is 2. The number of benzene rings is 5. The molecule has 0 aromatic heterocycles. The van der Waals surface area contributed by atoms with Gasteiger partial charge in [-0.25, -0.2) is 0 Å². The topological polar surface area (TPSA) is 44.0 Å². The van der Waals surface area contributed by atoms with E-state index < -0.39 is 0 Å². The molecular formula is C31H21NO. The van der Waals surface area contributed by atoms with Crippen LogP contribution < -0.4 is 0 Å². The van der Waals surface area contributed by atoms with Crippen molar-refractivity contribution in [1.82, 2.24) is 0 Å². The van der Waals surface area contributed by atoms with E-state index in [4.69, 9.17) is 0 Å². The van der Waals surface area contributed by atoms with Gasteiger partial charge in [0, 0.05) is 22.3 Å². The van der Waals surface area contributed by atoms with Crippen LogP contribution in [0.5, 0.6) is 5.75 Å². The molecule has 0 bridgehead atoms. The van der Waals surface area contributed by atoms with Crippen LogP contribution in [-0.4, -0.2) is 5.11 Å². The van der Waals surface area contributed by atoms with Crippen LogP contribution in [0.25, 0.3) is 44.5 Å². The van der Waals surface area contributed by atoms with Crippen molar-refractivity contribution in [3.05, 3.63) is 127 Å². The van der Waals surface area contributed by atoms with Crippen LogP contribution >= 0.6 is 0 Å². The van der Waals surface area contributed by atoms with Crippen molar-refractivity contribution in [2.45, 2.75) is 0 Å². The first kappa shape index (κ1) is 20.3. The largest absolute Gasteiger partial charge is 0.507 e. The second-order valence-electron chi connectivity index (χ2n) is 7.80. The smallest absolute Gasteiger partial charge is 0.132 e. The maximum atomic E-state index is 11.9. The Labute approximate surface area is 193 Å². The first-order chi connectivity index (χ1) is 16.3. The van der Waals surface area contributed by atoms with Gasteiger partial charge in [-0.1, -0.05) is 121 Å². The van der Waals surface area contributed by atoms with Crippen LogP contribution in [0.3, 0.4) is 0 Å². The third kappa shape index (κ3) is 3.67. The minimum Gasteiger partial charge on any atom is -0.507 e. The molecule has 2 nitrogen and oxygen atoms in total. The van der Waals surface area contributed by atoms with Crippen molar-refractivity contribution < 1.29 is 5.11 Å². The Bertz CT molecular complexity index is 1330. The number of hydrogen-bond donors (Lipinski definition) is 1. The first-order valence-corrected chi connectivity index (χ1v) is 10.8. The Morgan fingerprint density at radius 1 is 0.424 bits per heavy atom. The summed E-state index contributed by atoms with van der Waals surface area (Å²) in [5, 5.41) is 22.4. The summed E-state index contributed by atoms with van der Waals surface area (Å²) in [7, 11) is 0. The molecule has 156 valence electrons. The van der Waals surface area contributed by atoms with Gasteiger partial charge in [-0.2, -0.15) is 5.26 Å². The van der Waals surface area contributed by atoms with Gasteiger partial charge in [0.2, 0.25) is 0 Å². The van der Waals surface area contributed by atoms with E-state index in [2.05, 4.69) is 6.07 Å². The van der Waals surface area contributed by atoms with Gasteiger partial charge < -0.3 is 5.11 Å². The van der Waals surface area contributed by atoms with Crippen LogP contribution in [0.2, 0.25) is 0 Å². The van der Waals surface area contributed by atoms with E-state index in [0.29, 0.717) is 16.7 Å². The molecule has 1 N–H and O–H groups in total. The zero-order chi connectivity index (χ0) is 22.6. The van der Waals surface area contributed by atoms with Gasteiger partial charge in [0.05, 0.1) is 5.56 Å². The second kappa shape index (κ2) is 8.86. The first-order valence-electron chi connectivity index (χ1n) is 10.8. The van der Waals surface area contributed by atoms with E-state index in [-0.39, 0.29) is 5.75 Å². The van der Waals surface area contributed by atoms with Crippen molar-refractivity contribution in [3.63, 3.8) is 0 Å². The van der Waals surface area contributed by atoms with Gasteiger partial charge in [0.25, 0.3) is 0 Å². The predicted molar refractivity (Wildman–Crippen MR) is 135 cm³/mol. The Hall–Kier alpha value is -4.61. The third-order valence-corrected chi connectivity index (χ3v) is 5.84. The van der Waals surface area contributed by atoms with E-state index in [9.17, 15) is 10.4 Å². The molecule has 0 amide bonds. The molecule has 0 spiro atoms. The Morgan fingerprint density at radius 2 is 0.697 bits per heavy atom. The zero-order valence-corrected chi connectivity index (χ0v) is 17.9. The van der Waals surface area contributed by atoms with Gasteiger partial charge in [-0.3, -0.25) is 0 Å². The van der Waals surface area contributed by atoms with Gasteiger partial charge in [-0.05, 0) is 22.3 Å². The van der Waals surface area contributed by atoms with Crippen LogP contribution in [0, 0.1) is 11.3 Å². The molecule has 0 atom stereocenters. The molecule has 0 saturated carbocycles. The highest BCUT2D eigenvalue weighted by Gasteiger charge is 2.27. The molecule has 0 fully saturated rings. The Kier molecular flexibility index (Phi) is 5.45. The average Bonchev–Trinajstić information content (AvgIpc) is 2.90. The lowest BCUT2D eigenvalue weighted by Crippen LogP contribution is -1.99. The lowest BCUT2D eigenvalue weighted by atomic mass is 9.80. The molecule has 0 heterocycles. The molecule has 5 rings (SSSR count). The summed E-state index contributed by atoms with van der Waals surface area (Å²) in [6, 6.07) is 41.7. The predicted octanol–water partition coefficient (Wildman–Crippen LogP) is 7.93. The fraction of sp³-hybridized carbons (Fsp3) is 0. The zero-order valence-electron chi connectivity index (χ0n) is 17.9. The van der Waals surface area contributed by atoms with Crippen molar-refractivity contribution >= 4 is 0 Å². The molecule has 0 saturated heterocycles. The normalized spacial score (nSPS) is 10.5. The standard InChI is InChI=1S/C31H21NO/c32-21-26-27(22-13-5-1-6-14-22)29(24-17-9-3-10-18-24)31(33)30(25-19-11-4-12-20-25)28(26)23-15-7-2-8-16-23/h1-20,33H. The van der Waals surface area contributed by atoms with Crippen LogP contribution in [0.1, 0.15) is 5.56 Å². The summed E-state index contributed by atoms with van der Waals surface area (Å²) in [6.45, 7) is 0. The number of phenols is 1. The van der Waals surface area contributed by atoms with E-state index in [1.165, 1.54) is 0 Å². The van der Waals surface area contributed by atoms with Crippen molar-refractivity contribution in [2.24, 2.45) is 0 Å². The van der Waals surface area contributed by atoms with E-state index >= 15 is 0 Å². The highest BCUT2D eigenvalue weighted by molar-refractivity contribution is 6.04. The molecule has 5 aromatic carbocycles. The monoisotopic (exact) mass is 423 g/mol. The summed E-state index contributed by atoms with van der Waals surface area (Å²) >= 11 is 0. The minimum absolute atomic E-state index is 0.170. The summed E-state index contributed by atoms with van der Waals surface area (Å²) in [4.78, 5) is 0. The van der Waals surface area contributed by atoms with Gasteiger partial charge in [0.15, 0.2) is 0 Å². The molecule has 0 aliphatic heterocycles. The van der Waals surface area contributed by atoms with Gasteiger partial charge in [0.1, 0.15) is 11.8 Å². The van der Waals surface area contributed by atoms with Crippen molar-refractivity contribution in [1.29, 1.82) is 5.26 Å². The summed E-state index contributed by atoms with van der Waals surface area (Å²) in [5.41, 5.74) is 6.85. The highest BCUT2D eigenvalue weighted by atomic mass is 16.3. The van der Waals surface area contributed by atoms with Crippen molar-refractivity contribution in [2.75, 3.05) is 0 Å². The average molecular weight is 424 g/mol. The van der Waals surface area contributed by atoms with Gasteiger partial charge in [-0.15, -0.1) is 0 Å². The third-order valence-electron chi connectivity index (χ3n) is 5.84. The fourth-order valence-electron chi connectivity index (χ4n) is 4.41. The van der Waals surface area contributed by atoms with Crippen LogP contribution in [-0.2, 0) is 0 Å². The number of nitriles is 1. The number of rotatable bonds is 4. The summed E-state index contributed by atoms with van der Waals surface area (Å²) in [6.07, 6.45) is 0. The molecule has 0 aliphatic rings. The highest BCUT2D eigenvalue weighted by Crippen LogP contribution is 2.51. The molecule has 5 aromatic rings. The Morgan fingerprint density at radius 3 is 0.970 bits per heavy atom. The molecule has 33 heavy (non-hydrogen) atoms. The van der Waals surface area contributed by atoms with E-state index in [1.807, 2.05) is 121 Å². The maximum absolute atomic E-state index is 11.9. The summed E-state index contributed by atoms with van der Waals surface area (Å²) in [5.74, 6) is 0.170. The van der Waals surface area contributed by atoms with E-state index in [1.54, 1.807) is 0 Å². The SMILES string of the molecule is N#Cc1c(-c2ccccc2)c(-c2ccccc2)c(O)c(-c2ccccc2)c1-c1ccccc1. The van der Waals surface area contributed by atoms with Gasteiger partial charge >= 0.3 is 0 Å². The number of nitrogens with zero attached hydrogens (tertiary/aromatic N) is 1. The molecular weight excluding hydrogens is 402 g/mol. The second-order valence-corrected chi connectivity index (χ2v) is 7.80. The lowest BCUT2D eigenvalue weighted by Gasteiger charge is -2.22. The minimum atomic E-state index is 0.170. The maximum Gasteiger partial charge on any atom is 0.132 e. The quantitative estimate of drug-likeness (QED) is 0.319. The number of phenolic OH excluding ortho intramolecular Hbond substituents is 1.